The number of rotatable bonds is 9. The summed E-state index contributed by atoms with van der Waals surface area (Å²) >= 11 is 0. The van der Waals surface area contributed by atoms with E-state index in [0.29, 0.717) is 34.5 Å². The first-order valence-electron chi connectivity index (χ1n) is 14.3. The van der Waals surface area contributed by atoms with Crippen molar-refractivity contribution < 1.29 is 14.0 Å². The molecular weight excluding hydrogens is 556 g/mol. The molecule has 0 saturated carbocycles. The van der Waals surface area contributed by atoms with Crippen molar-refractivity contribution in [1.82, 2.24) is 24.5 Å². The summed E-state index contributed by atoms with van der Waals surface area (Å²) in [5.74, 6) is -0.445. The molecule has 0 aliphatic rings. The van der Waals surface area contributed by atoms with E-state index in [-0.39, 0.29) is 23.1 Å². The number of nitrogens with one attached hydrogen (secondary N) is 1. The van der Waals surface area contributed by atoms with Crippen LogP contribution in [0.2, 0.25) is 18.1 Å². The molecule has 0 saturated heterocycles. The SMILES string of the molecule is CC(C)(CO[Si](C)(C)C(C)(C)C)n1cc(C(=O)c2cncc(NC(=O)Cc3ccc4cccnc4c3)c2)c2cncnc21. The van der Waals surface area contributed by atoms with Gasteiger partial charge < -0.3 is 14.3 Å². The lowest BCUT2D eigenvalue weighted by Gasteiger charge is -2.39. The fourth-order valence-corrected chi connectivity index (χ4v) is 5.80. The van der Waals surface area contributed by atoms with Crippen molar-refractivity contribution in [2.24, 2.45) is 0 Å². The summed E-state index contributed by atoms with van der Waals surface area (Å²) < 4.78 is 8.57. The molecule has 0 atom stereocenters. The summed E-state index contributed by atoms with van der Waals surface area (Å²) in [6.07, 6.45) is 9.91. The molecule has 4 heterocycles. The lowest BCUT2D eigenvalue weighted by Crippen LogP contribution is -2.45. The number of benzene rings is 1. The van der Waals surface area contributed by atoms with E-state index in [1.807, 2.05) is 41.1 Å². The number of amides is 1. The predicted molar refractivity (Wildman–Crippen MR) is 172 cm³/mol. The summed E-state index contributed by atoms with van der Waals surface area (Å²) in [7, 11) is -2.00. The van der Waals surface area contributed by atoms with E-state index in [2.05, 4.69) is 73.0 Å². The van der Waals surface area contributed by atoms with Gasteiger partial charge in [0.25, 0.3) is 0 Å². The lowest BCUT2D eigenvalue weighted by atomic mass is 10.1. The van der Waals surface area contributed by atoms with Gasteiger partial charge in [-0.1, -0.05) is 39.0 Å². The van der Waals surface area contributed by atoms with Gasteiger partial charge in [-0.15, -0.1) is 0 Å². The Labute approximate surface area is 252 Å². The summed E-state index contributed by atoms with van der Waals surface area (Å²) in [5, 5.41) is 4.61. The maximum absolute atomic E-state index is 13.8. The number of hydrogen-bond donors (Lipinski definition) is 1. The lowest BCUT2D eigenvalue weighted by molar-refractivity contribution is -0.115. The number of carbonyl (C=O) groups excluding carboxylic acids is 2. The third-order valence-corrected chi connectivity index (χ3v) is 12.8. The number of nitrogens with zero attached hydrogens (tertiary/aromatic N) is 5. The number of carbonyl (C=O) groups is 2. The normalized spacial score (nSPS) is 12.5. The molecule has 0 aliphatic heterocycles. The highest BCUT2D eigenvalue weighted by Gasteiger charge is 2.39. The molecule has 1 amide bonds. The topological polar surface area (TPSA) is 112 Å². The highest BCUT2D eigenvalue weighted by molar-refractivity contribution is 6.74. The van der Waals surface area contributed by atoms with Crippen molar-refractivity contribution in [1.29, 1.82) is 0 Å². The molecule has 0 unspecified atom stereocenters. The zero-order valence-corrected chi connectivity index (χ0v) is 26.8. The van der Waals surface area contributed by atoms with Gasteiger partial charge >= 0.3 is 0 Å². The molecule has 0 aliphatic carbocycles. The fourth-order valence-electron chi connectivity index (χ4n) is 4.65. The van der Waals surface area contributed by atoms with Crippen molar-refractivity contribution in [3.63, 3.8) is 0 Å². The average Bonchev–Trinajstić information content (AvgIpc) is 3.36. The fraction of sp³-hybridized carbons (Fsp3) is 0.333. The third-order valence-electron chi connectivity index (χ3n) is 8.28. The van der Waals surface area contributed by atoms with Gasteiger partial charge in [0, 0.05) is 41.1 Å². The van der Waals surface area contributed by atoms with E-state index in [1.54, 1.807) is 18.5 Å². The van der Waals surface area contributed by atoms with Crippen LogP contribution in [-0.2, 0) is 21.2 Å². The Morgan fingerprint density at radius 1 is 0.977 bits per heavy atom. The molecule has 5 aromatic rings. The highest BCUT2D eigenvalue weighted by Crippen LogP contribution is 2.38. The highest BCUT2D eigenvalue weighted by atomic mass is 28.4. The van der Waals surface area contributed by atoms with Crippen LogP contribution in [0.1, 0.15) is 56.1 Å². The molecule has 1 N–H and O–H groups in total. The van der Waals surface area contributed by atoms with Gasteiger partial charge in [0.05, 0.1) is 41.5 Å². The van der Waals surface area contributed by atoms with E-state index in [9.17, 15) is 9.59 Å². The van der Waals surface area contributed by atoms with Crippen molar-refractivity contribution >= 4 is 47.6 Å². The molecule has 1 aromatic carbocycles. The van der Waals surface area contributed by atoms with E-state index >= 15 is 0 Å². The predicted octanol–water partition coefficient (Wildman–Crippen LogP) is 6.54. The zero-order valence-electron chi connectivity index (χ0n) is 25.8. The number of ketones is 1. The largest absolute Gasteiger partial charge is 0.414 e. The maximum Gasteiger partial charge on any atom is 0.228 e. The van der Waals surface area contributed by atoms with Crippen LogP contribution in [0.15, 0.2) is 73.7 Å². The quantitative estimate of drug-likeness (QED) is 0.152. The number of aromatic nitrogens is 5. The molecular formula is C33H38N6O3Si. The van der Waals surface area contributed by atoms with Gasteiger partial charge in [-0.3, -0.25) is 19.6 Å². The van der Waals surface area contributed by atoms with Crippen molar-refractivity contribution in [3.8, 4) is 0 Å². The molecule has 4 aromatic heterocycles. The third kappa shape index (κ3) is 6.40. The summed E-state index contributed by atoms with van der Waals surface area (Å²) in [6.45, 7) is 15.7. The van der Waals surface area contributed by atoms with Crippen LogP contribution in [0.5, 0.6) is 0 Å². The first kappa shape index (κ1) is 30.2. The van der Waals surface area contributed by atoms with Crippen LogP contribution in [0.25, 0.3) is 21.9 Å². The van der Waals surface area contributed by atoms with Crippen LogP contribution in [-0.4, -0.2) is 51.1 Å². The summed E-state index contributed by atoms with van der Waals surface area (Å²) in [5.41, 5.74) is 3.11. The zero-order chi connectivity index (χ0) is 31.0. The molecule has 0 radical (unpaired) electrons. The Morgan fingerprint density at radius 2 is 1.77 bits per heavy atom. The molecule has 43 heavy (non-hydrogen) atoms. The minimum absolute atomic E-state index is 0.0747. The first-order valence-corrected chi connectivity index (χ1v) is 17.2. The van der Waals surface area contributed by atoms with E-state index in [0.717, 1.165) is 16.5 Å². The molecule has 222 valence electrons. The van der Waals surface area contributed by atoms with Crippen LogP contribution < -0.4 is 5.32 Å². The number of anilines is 1. The van der Waals surface area contributed by atoms with Crippen LogP contribution in [0.3, 0.4) is 0 Å². The number of pyridine rings is 2. The van der Waals surface area contributed by atoms with Crippen molar-refractivity contribution in [2.75, 3.05) is 11.9 Å². The average molecular weight is 595 g/mol. The minimum Gasteiger partial charge on any atom is -0.414 e. The minimum atomic E-state index is -2.00. The molecule has 9 nitrogen and oxygen atoms in total. The summed E-state index contributed by atoms with van der Waals surface area (Å²) in [6, 6.07) is 11.3. The second-order valence-electron chi connectivity index (χ2n) is 13.1. The second-order valence-corrected chi connectivity index (χ2v) is 17.9. The van der Waals surface area contributed by atoms with Crippen LogP contribution >= 0.6 is 0 Å². The Bertz CT molecular complexity index is 1820. The van der Waals surface area contributed by atoms with Crippen molar-refractivity contribution in [3.05, 3.63) is 90.4 Å². The van der Waals surface area contributed by atoms with E-state index in [1.165, 1.54) is 18.7 Å². The van der Waals surface area contributed by atoms with Crippen LogP contribution in [0, 0.1) is 0 Å². The molecule has 10 heteroatoms. The van der Waals surface area contributed by atoms with E-state index in [4.69, 9.17) is 4.43 Å². The molecule has 0 fully saturated rings. The van der Waals surface area contributed by atoms with Gasteiger partial charge in [-0.05, 0) is 55.7 Å². The maximum atomic E-state index is 13.8. The van der Waals surface area contributed by atoms with E-state index < -0.39 is 13.9 Å². The Kier molecular flexibility index (Phi) is 8.02. The Hall–Kier alpha value is -4.28. The Balaban J connectivity index is 1.37. The Morgan fingerprint density at radius 3 is 2.53 bits per heavy atom. The second kappa shape index (κ2) is 11.4. The molecule has 0 spiro atoms. The monoisotopic (exact) mass is 594 g/mol. The van der Waals surface area contributed by atoms with Gasteiger partial charge in [0.1, 0.15) is 12.0 Å². The molecule has 0 bridgehead atoms. The van der Waals surface area contributed by atoms with Crippen molar-refractivity contribution in [2.45, 2.75) is 64.7 Å². The first-order chi connectivity index (χ1) is 20.2. The summed E-state index contributed by atoms with van der Waals surface area (Å²) in [4.78, 5) is 44.1. The van der Waals surface area contributed by atoms with Gasteiger partial charge in [0.15, 0.2) is 14.1 Å². The van der Waals surface area contributed by atoms with Gasteiger partial charge in [-0.25, -0.2) is 9.97 Å². The van der Waals surface area contributed by atoms with Gasteiger partial charge in [0.2, 0.25) is 5.91 Å². The number of hydrogen-bond acceptors (Lipinski definition) is 7. The molecule has 5 rings (SSSR count). The number of fused-ring (bicyclic) bond motifs is 2. The smallest absolute Gasteiger partial charge is 0.228 e. The standard InChI is InChI=1S/C33H38N6O3Si/c1-32(2,3)43(6,7)42-20-33(4,5)39-19-27(26-18-35-21-37-31(26)39)30(41)24-15-25(17-34-16-24)38-29(40)14-22-10-11-23-9-8-12-36-28(23)13-22/h8-13,15-19,21H,14,20H2,1-7H3,(H,38,40). The van der Waals surface area contributed by atoms with Crippen LogP contribution in [0.4, 0.5) is 5.69 Å². The van der Waals surface area contributed by atoms with Gasteiger partial charge in [-0.2, -0.15) is 0 Å².